The van der Waals surface area contributed by atoms with Crippen molar-refractivity contribution in [1.29, 1.82) is 0 Å². The molecule has 11 heavy (non-hydrogen) atoms. The van der Waals surface area contributed by atoms with E-state index in [2.05, 4.69) is 0 Å². The van der Waals surface area contributed by atoms with Crippen LogP contribution in [0.15, 0.2) is 0 Å². The molecule has 1 aliphatic rings. The molecular formula is C7H14O4. The normalized spacial score (nSPS) is 25.9. The largest absolute Gasteiger partial charge is 0.366 e. The van der Waals surface area contributed by atoms with E-state index in [0.717, 1.165) is 19.3 Å². The fourth-order valence-corrected chi connectivity index (χ4v) is 1.04. The van der Waals surface area contributed by atoms with Crippen molar-refractivity contribution in [3.8, 4) is 0 Å². The number of hydrogen-bond donors (Lipinski definition) is 2. The second-order valence-electron chi connectivity index (χ2n) is 2.61. The average Bonchev–Trinajstić information content (AvgIpc) is 2.03. The second kappa shape index (κ2) is 4.66. The molecule has 0 aliphatic carbocycles. The summed E-state index contributed by atoms with van der Waals surface area (Å²) in [5, 5.41) is 16.9. The molecule has 4 nitrogen and oxygen atoms in total. The van der Waals surface area contributed by atoms with Gasteiger partial charge < -0.3 is 19.7 Å². The van der Waals surface area contributed by atoms with Gasteiger partial charge in [0.05, 0.1) is 0 Å². The zero-order valence-corrected chi connectivity index (χ0v) is 6.40. The summed E-state index contributed by atoms with van der Waals surface area (Å²) in [6, 6.07) is 0. The highest BCUT2D eigenvalue weighted by atomic mass is 16.7. The first kappa shape index (κ1) is 8.93. The van der Waals surface area contributed by atoms with Crippen LogP contribution in [0.5, 0.6) is 0 Å². The molecule has 1 rings (SSSR count). The molecule has 66 valence electrons. The molecule has 2 N–H and O–H groups in total. The van der Waals surface area contributed by atoms with E-state index in [0.29, 0.717) is 6.61 Å². The van der Waals surface area contributed by atoms with Gasteiger partial charge in [0.2, 0.25) is 0 Å². The Labute approximate surface area is 65.7 Å². The van der Waals surface area contributed by atoms with Crippen molar-refractivity contribution in [2.24, 2.45) is 0 Å². The van der Waals surface area contributed by atoms with Crippen LogP contribution < -0.4 is 0 Å². The van der Waals surface area contributed by atoms with Crippen molar-refractivity contribution in [3.63, 3.8) is 0 Å². The van der Waals surface area contributed by atoms with Crippen LogP contribution in [0.1, 0.15) is 19.3 Å². The first-order valence-electron chi connectivity index (χ1n) is 3.88. The molecule has 1 unspecified atom stereocenters. The number of ether oxygens (including phenoxy) is 2. The topological polar surface area (TPSA) is 58.9 Å². The van der Waals surface area contributed by atoms with Gasteiger partial charge in [-0.1, -0.05) is 0 Å². The van der Waals surface area contributed by atoms with Gasteiger partial charge in [0.15, 0.2) is 12.6 Å². The number of aliphatic hydroxyl groups excluding tert-OH is 1. The van der Waals surface area contributed by atoms with Gasteiger partial charge in [-0.25, -0.2) is 0 Å². The Bertz CT molecular complexity index is 98.6. The van der Waals surface area contributed by atoms with Crippen LogP contribution in [0.25, 0.3) is 0 Å². The highest BCUT2D eigenvalue weighted by Crippen LogP contribution is 2.13. The van der Waals surface area contributed by atoms with Crippen molar-refractivity contribution >= 4 is 0 Å². The van der Waals surface area contributed by atoms with Gasteiger partial charge in [0, 0.05) is 6.61 Å². The fourth-order valence-electron chi connectivity index (χ4n) is 1.04. The maximum atomic E-state index is 8.46. The number of aliphatic hydroxyl groups is 2. The molecule has 0 bridgehead atoms. The third kappa shape index (κ3) is 3.67. The van der Waals surface area contributed by atoms with E-state index >= 15 is 0 Å². The Morgan fingerprint density at radius 1 is 1.45 bits per heavy atom. The van der Waals surface area contributed by atoms with Crippen molar-refractivity contribution in [2.45, 2.75) is 31.8 Å². The van der Waals surface area contributed by atoms with Crippen molar-refractivity contribution in [3.05, 3.63) is 0 Å². The van der Waals surface area contributed by atoms with E-state index in [9.17, 15) is 0 Å². The quantitative estimate of drug-likeness (QED) is 0.566. The highest BCUT2D eigenvalue weighted by molar-refractivity contribution is 4.53. The molecule has 0 aromatic heterocycles. The lowest BCUT2D eigenvalue weighted by atomic mass is 10.2. The van der Waals surface area contributed by atoms with Crippen LogP contribution in [0.2, 0.25) is 0 Å². The highest BCUT2D eigenvalue weighted by Gasteiger charge is 2.14. The van der Waals surface area contributed by atoms with Gasteiger partial charge in [0.1, 0.15) is 6.61 Å². The van der Waals surface area contributed by atoms with Crippen LogP contribution in [0, 0.1) is 0 Å². The van der Waals surface area contributed by atoms with E-state index in [-0.39, 0.29) is 12.9 Å². The predicted octanol–water partition coefficient (Wildman–Crippen LogP) is -0.160. The lowest BCUT2D eigenvalue weighted by Crippen LogP contribution is -2.26. The second-order valence-corrected chi connectivity index (χ2v) is 2.61. The molecule has 0 saturated carbocycles. The number of hydrogen-bond acceptors (Lipinski definition) is 4. The summed E-state index contributed by atoms with van der Waals surface area (Å²) in [6.07, 6.45) is 1.39. The minimum atomic E-state index is -1.39. The van der Waals surface area contributed by atoms with E-state index < -0.39 is 6.29 Å². The zero-order chi connectivity index (χ0) is 8.10. The zero-order valence-electron chi connectivity index (χ0n) is 6.40. The third-order valence-corrected chi connectivity index (χ3v) is 1.57. The Balaban J connectivity index is 2.05. The predicted molar refractivity (Wildman–Crippen MR) is 37.8 cm³/mol. The Morgan fingerprint density at radius 2 is 2.27 bits per heavy atom. The molecule has 4 heteroatoms. The SMILES string of the molecule is OC(O)COC1CCCCO1. The molecule has 0 spiro atoms. The van der Waals surface area contributed by atoms with E-state index in [1.165, 1.54) is 0 Å². The molecule has 1 saturated heterocycles. The molecular weight excluding hydrogens is 148 g/mol. The molecule has 0 aromatic rings. The van der Waals surface area contributed by atoms with Gasteiger partial charge >= 0.3 is 0 Å². The lowest BCUT2D eigenvalue weighted by Gasteiger charge is -2.22. The minimum Gasteiger partial charge on any atom is -0.366 e. The van der Waals surface area contributed by atoms with Crippen molar-refractivity contribution in [1.82, 2.24) is 0 Å². The molecule has 0 amide bonds. The Hall–Kier alpha value is -0.160. The molecule has 1 fully saturated rings. The molecule has 0 radical (unpaired) electrons. The average molecular weight is 162 g/mol. The fraction of sp³-hybridized carbons (Fsp3) is 1.00. The van der Waals surface area contributed by atoms with Crippen LogP contribution >= 0.6 is 0 Å². The van der Waals surface area contributed by atoms with Crippen LogP contribution in [0.3, 0.4) is 0 Å². The van der Waals surface area contributed by atoms with Crippen LogP contribution in [-0.4, -0.2) is 36.0 Å². The lowest BCUT2D eigenvalue weighted by molar-refractivity contribution is -0.200. The molecule has 1 aliphatic heterocycles. The van der Waals surface area contributed by atoms with Crippen LogP contribution in [0.4, 0.5) is 0 Å². The van der Waals surface area contributed by atoms with E-state index in [1.54, 1.807) is 0 Å². The Morgan fingerprint density at radius 3 is 2.82 bits per heavy atom. The van der Waals surface area contributed by atoms with E-state index in [4.69, 9.17) is 19.7 Å². The summed E-state index contributed by atoms with van der Waals surface area (Å²) in [5.74, 6) is 0. The van der Waals surface area contributed by atoms with Gasteiger partial charge in [0.25, 0.3) is 0 Å². The van der Waals surface area contributed by atoms with Gasteiger partial charge in [-0.15, -0.1) is 0 Å². The summed E-state index contributed by atoms with van der Waals surface area (Å²) >= 11 is 0. The van der Waals surface area contributed by atoms with Gasteiger partial charge in [-0.3, -0.25) is 0 Å². The first-order valence-corrected chi connectivity index (χ1v) is 3.88. The first-order chi connectivity index (χ1) is 5.29. The Kier molecular flexibility index (Phi) is 3.79. The molecule has 0 aromatic carbocycles. The number of rotatable bonds is 3. The van der Waals surface area contributed by atoms with E-state index in [1.807, 2.05) is 0 Å². The standard InChI is InChI=1S/C7H14O4/c8-6(9)5-11-7-3-1-2-4-10-7/h6-9H,1-5H2. The minimum absolute atomic E-state index is 0.0648. The maximum Gasteiger partial charge on any atom is 0.175 e. The maximum absolute atomic E-state index is 8.46. The van der Waals surface area contributed by atoms with Gasteiger partial charge in [-0.2, -0.15) is 0 Å². The van der Waals surface area contributed by atoms with Crippen molar-refractivity contribution in [2.75, 3.05) is 13.2 Å². The smallest absolute Gasteiger partial charge is 0.175 e. The van der Waals surface area contributed by atoms with Gasteiger partial charge in [-0.05, 0) is 19.3 Å². The summed E-state index contributed by atoms with van der Waals surface area (Å²) < 4.78 is 10.2. The van der Waals surface area contributed by atoms with Crippen molar-refractivity contribution < 1.29 is 19.7 Å². The summed E-state index contributed by atoms with van der Waals surface area (Å²) in [7, 11) is 0. The molecule has 1 heterocycles. The summed E-state index contributed by atoms with van der Waals surface area (Å²) in [5.41, 5.74) is 0. The monoisotopic (exact) mass is 162 g/mol. The van der Waals surface area contributed by atoms with Crippen LogP contribution in [-0.2, 0) is 9.47 Å². The summed E-state index contributed by atoms with van der Waals surface area (Å²) in [4.78, 5) is 0. The third-order valence-electron chi connectivity index (χ3n) is 1.57. The molecule has 1 atom stereocenters. The summed E-state index contributed by atoms with van der Waals surface area (Å²) in [6.45, 7) is 0.650.